The molecule has 0 saturated heterocycles. The van der Waals surface area contributed by atoms with E-state index < -0.39 is 0 Å². The van der Waals surface area contributed by atoms with Gasteiger partial charge in [-0.1, -0.05) is 30.2 Å². The molecule has 1 aromatic carbocycles. The summed E-state index contributed by atoms with van der Waals surface area (Å²) in [6.45, 7) is 2.70. The molecule has 0 spiro atoms. The van der Waals surface area contributed by atoms with Crippen LogP contribution in [0.2, 0.25) is 0 Å². The largest absolute Gasteiger partial charge is 0.465 e. The summed E-state index contributed by atoms with van der Waals surface area (Å²) in [5, 5.41) is 5.95. The van der Waals surface area contributed by atoms with Gasteiger partial charge in [0.1, 0.15) is 0 Å². The van der Waals surface area contributed by atoms with Gasteiger partial charge >= 0.3 is 12.0 Å². The highest BCUT2D eigenvalue weighted by Crippen LogP contribution is 2.31. The lowest BCUT2D eigenvalue weighted by Crippen LogP contribution is -2.38. The first kappa shape index (κ1) is 24.1. The number of amides is 3. The molecule has 10 heteroatoms. The fourth-order valence-corrected chi connectivity index (χ4v) is 5.25. The van der Waals surface area contributed by atoms with Crippen molar-refractivity contribution in [1.82, 2.24) is 10.3 Å². The van der Waals surface area contributed by atoms with Crippen LogP contribution in [-0.4, -0.2) is 48.8 Å². The van der Waals surface area contributed by atoms with Crippen molar-refractivity contribution in [2.45, 2.75) is 36.8 Å². The smallest absolute Gasteiger partial charge is 0.328 e. The first-order chi connectivity index (χ1) is 15.5. The molecule has 3 amide bonds. The summed E-state index contributed by atoms with van der Waals surface area (Å²) >= 11 is 2.64. The maximum atomic E-state index is 13.2. The molecule has 8 nitrogen and oxygen atoms in total. The highest BCUT2D eigenvalue weighted by Gasteiger charge is 2.24. The number of thiazole rings is 1. The summed E-state index contributed by atoms with van der Waals surface area (Å²) in [4.78, 5) is 42.8. The van der Waals surface area contributed by atoms with E-state index in [2.05, 4.69) is 15.6 Å². The van der Waals surface area contributed by atoms with E-state index in [1.165, 1.54) is 35.9 Å². The van der Waals surface area contributed by atoms with Crippen molar-refractivity contribution >= 4 is 51.8 Å². The fourth-order valence-electron chi connectivity index (χ4n) is 3.59. The van der Waals surface area contributed by atoms with Crippen LogP contribution in [0.3, 0.4) is 0 Å². The van der Waals surface area contributed by atoms with Gasteiger partial charge in [0.2, 0.25) is 0 Å². The molecule has 1 saturated carbocycles. The zero-order chi connectivity index (χ0) is 22.9. The van der Waals surface area contributed by atoms with Gasteiger partial charge in [0, 0.05) is 24.8 Å². The topological polar surface area (TPSA) is 101 Å². The van der Waals surface area contributed by atoms with E-state index in [-0.39, 0.29) is 23.7 Å². The van der Waals surface area contributed by atoms with E-state index in [9.17, 15) is 14.4 Å². The normalized spacial score (nSPS) is 13.6. The molecule has 1 heterocycles. The highest BCUT2D eigenvalue weighted by molar-refractivity contribution is 8.01. The van der Waals surface area contributed by atoms with Crippen molar-refractivity contribution < 1.29 is 19.1 Å². The molecule has 1 aliphatic rings. The number of rotatable bonds is 9. The number of hydrogen-bond acceptors (Lipinski definition) is 7. The minimum absolute atomic E-state index is 0.198. The van der Waals surface area contributed by atoms with Crippen molar-refractivity contribution in [2.24, 2.45) is 5.92 Å². The van der Waals surface area contributed by atoms with Crippen molar-refractivity contribution in [2.75, 3.05) is 36.2 Å². The Morgan fingerprint density at radius 1 is 1.28 bits per heavy atom. The van der Waals surface area contributed by atoms with Crippen molar-refractivity contribution in [3.05, 3.63) is 36.0 Å². The van der Waals surface area contributed by atoms with Gasteiger partial charge in [0.15, 0.2) is 5.13 Å². The second-order valence-electron chi connectivity index (χ2n) is 7.40. The number of anilines is 2. The number of nitrogens with one attached hydrogen (secondary N) is 2. The minimum atomic E-state index is -0.290. The summed E-state index contributed by atoms with van der Waals surface area (Å²) in [5.41, 5.74) is 1.17. The Balaban J connectivity index is 1.72. The van der Waals surface area contributed by atoms with Crippen LogP contribution in [-0.2, 0) is 9.53 Å². The molecule has 0 radical (unpaired) electrons. The van der Waals surface area contributed by atoms with Crippen molar-refractivity contribution in [3.63, 3.8) is 0 Å². The predicted octanol–water partition coefficient (Wildman–Crippen LogP) is 4.39. The highest BCUT2D eigenvalue weighted by atomic mass is 32.2. The van der Waals surface area contributed by atoms with E-state index in [1.54, 1.807) is 43.3 Å². The summed E-state index contributed by atoms with van der Waals surface area (Å²) in [6, 6.07) is 6.78. The van der Waals surface area contributed by atoms with Crippen LogP contribution in [0.15, 0.2) is 34.7 Å². The second-order valence-corrected chi connectivity index (χ2v) is 9.71. The number of ether oxygens (including phenoxy) is 1. The molecule has 172 valence electrons. The Hall–Kier alpha value is -2.59. The average molecular weight is 477 g/mol. The van der Waals surface area contributed by atoms with Crippen molar-refractivity contribution in [3.8, 4) is 0 Å². The number of carbonyl (C=O) groups excluding carboxylic acids is 3. The number of nitrogens with zero attached hydrogens (tertiary/aromatic N) is 2. The van der Waals surface area contributed by atoms with E-state index in [1.807, 2.05) is 6.07 Å². The molecule has 0 atom stereocenters. The quantitative estimate of drug-likeness (QED) is 0.411. The Morgan fingerprint density at radius 2 is 2.06 bits per heavy atom. The lowest BCUT2D eigenvalue weighted by Gasteiger charge is -2.26. The lowest BCUT2D eigenvalue weighted by molar-refractivity contribution is -0.139. The molecule has 2 N–H and O–H groups in total. The Kier molecular flexibility index (Phi) is 8.92. The number of thioether (sulfide) groups is 1. The summed E-state index contributed by atoms with van der Waals surface area (Å²) < 4.78 is 5.75. The number of benzene rings is 1. The van der Waals surface area contributed by atoms with Crippen molar-refractivity contribution in [1.29, 1.82) is 0 Å². The van der Waals surface area contributed by atoms with E-state index in [4.69, 9.17) is 4.74 Å². The van der Waals surface area contributed by atoms with Gasteiger partial charge in [0.25, 0.3) is 5.91 Å². The summed E-state index contributed by atoms with van der Waals surface area (Å²) in [7, 11) is 1.58. The zero-order valence-corrected chi connectivity index (χ0v) is 19.9. The van der Waals surface area contributed by atoms with Crippen LogP contribution in [0.1, 0.15) is 43.0 Å². The SMILES string of the molecule is CCOC(=O)CSc1cnc(NC(=O)N(CC2CCCC2)c2cccc(C(=O)NC)c2)s1. The number of aromatic nitrogens is 1. The molecule has 1 aliphatic carbocycles. The molecular weight excluding hydrogens is 448 g/mol. The first-order valence-corrected chi connectivity index (χ1v) is 12.4. The second kappa shape index (κ2) is 11.9. The van der Waals surface area contributed by atoms with Crippen LogP contribution in [0, 0.1) is 5.92 Å². The van der Waals surface area contributed by atoms with Gasteiger partial charge in [-0.05, 0) is 43.9 Å². The third-order valence-electron chi connectivity index (χ3n) is 5.14. The molecular formula is C22H28N4O4S2. The molecule has 1 fully saturated rings. The monoisotopic (exact) mass is 476 g/mol. The molecule has 2 aromatic rings. The van der Waals surface area contributed by atoms with Crippen LogP contribution in [0.25, 0.3) is 0 Å². The average Bonchev–Trinajstić information content (AvgIpc) is 3.47. The zero-order valence-electron chi connectivity index (χ0n) is 18.3. The van der Waals surface area contributed by atoms with Gasteiger partial charge in [0.05, 0.1) is 22.8 Å². The summed E-state index contributed by atoms with van der Waals surface area (Å²) in [5.74, 6) is 0.145. The number of carbonyl (C=O) groups is 3. The van der Waals surface area contributed by atoms with Crippen LogP contribution >= 0.6 is 23.1 Å². The first-order valence-electron chi connectivity index (χ1n) is 10.6. The van der Waals surface area contributed by atoms with E-state index in [0.717, 1.165) is 17.1 Å². The minimum Gasteiger partial charge on any atom is -0.465 e. The molecule has 0 unspecified atom stereocenters. The van der Waals surface area contributed by atoms with Crippen LogP contribution < -0.4 is 15.5 Å². The van der Waals surface area contributed by atoms with Gasteiger partial charge in [-0.15, -0.1) is 11.8 Å². The molecule has 0 bridgehead atoms. The third-order valence-corrected chi connectivity index (χ3v) is 7.22. The predicted molar refractivity (Wildman–Crippen MR) is 128 cm³/mol. The number of hydrogen-bond donors (Lipinski definition) is 2. The Morgan fingerprint density at radius 3 is 2.78 bits per heavy atom. The maximum Gasteiger partial charge on any atom is 0.328 e. The maximum absolute atomic E-state index is 13.2. The number of urea groups is 1. The fraction of sp³-hybridized carbons (Fsp3) is 0.455. The molecule has 0 aliphatic heterocycles. The lowest BCUT2D eigenvalue weighted by atomic mass is 10.1. The Bertz CT molecular complexity index is 944. The van der Waals surface area contributed by atoms with Crippen LogP contribution in [0.5, 0.6) is 0 Å². The molecule has 32 heavy (non-hydrogen) atoms. The van der Waals surface area contributed by atoms with Gasteiger partial charge in [-0.25, -0.2) is 9.78 Å². The van der Waals surface area contributed by atoms with Gasteiger partial charge in [-0.2, -0.15) is 0 Å². The van der Waals surface area contributed by atoms with Gasteiger partial charge < -0.3 is 10.1 Å². The Labute approximate surface area is 196 Å². The van der Waals surface area contributed by atoms with E-state index >= 15 is 0 Å². The molecule has 1 aromatic heterocycles. The van der Waals surface area contributed by atoms with Crippen LogP contribution in [0.4, 0.5) is 15.6 Å². The van der Waals surface area contributed by atoms with E-state index in [0.29, 0.717) is 35.5 Å². The number of esters is 1. The summed E-state index contributed by atoms with van der Waals surface area (Å²) in [6.07, 6.45) is 6.16. The third kappa shape index (κ3) is 6.70. The molecule has 3 rings (SSSR count). The standard InChI is InChI=1S/C22H28N4O4S2/c1-3-30-18(27)14-31-19-12-24-21(32-19)25-22(29)26(13-15-7-4-5-8-15)17-10-6-9-16(11-17)20(28)23-2/h6,9-12,15H,3-5,7-8,13-14H2,1-2H3,(H,23,28)(H,24,25,29). The van der Waals surface area contributed by atoms with Gasteiger partial charge in [-0.3, -0.25) is 19.8 Å².